The molecule has 1 amide bonds. The van der Waals surface area contributed by atoms with E-state index in [1.165, 1.54) is 26.5 Å². The van der Waals surface area contributed by atoms with Gasteiger partial charge in [0.1, 0.15) is 9.77 Å². The minimum atomic E-state index is -3.58. The van der Waals surface area contributed by atoms with Crippen molar-refractivity contribution in [3.8, 4) is 0 Å². The van der Waals surface area contributed by atoms with Crippen molar-refractivity contribution in [1.82, 2.24) is 14.2 Å². The highest BCUT2D eigenvalue weighted by Crippen LogP contribution is 2.27. The molecule has 0 aliphatic carbocycles. The van der Waals surface area contributed by atoms with Crippen LogP contribution in [0.25, 0.3) is 10.9 Å². The van der Waals surface area contributed by atoms with Gasteiger partial charge < -0.3 is 9.88 Å². The van der Waals surface area contributed by atoms with E-state index < -0.39 is 10.0 Å². The zero-order valence-electron chi connectivity index (χ0n) is 15.5. The zero-order valence-corrected chi connectivity index (χ0v) is 17.1. The molecular weight excluding hydrogens is 394 g/mol. The van der Waals surface area contributed by atoms with Crippen molar-refractivity contribution < 1.29 is 13.2 Å². The van der Waals surface area contributed by atoms with Gasteiger partial charge in [-0.3, -0.25) is 4.79 Å². The van der Waals surface area contributed by atoms with Crippen LogP contribution in [0.1, 0.15) is 28.9 Å². The van der Waals surface area contributed by atoms with E-state index in [0.29, 0.717) is 19.6 Å². The molecule has 3 heterocycles. The summed E-state index contributed by atoms with van der Waals surface area (Å²) >= 11 is 1.18. The molecule has 1 aromatic carbocycles. The Bertz CT molecular complexity index is 1080. The smallest absolute Gasteiger partial charge is 0.262 e. The number of carbonyl (C=O) groups is 1. The molecule has 3 aromatic rings. The molecule has 0 unspecified atom stereocenters. The Kier molecular flexibility index (Phi) is 5.52. The van der Waals surface area contributed by atoms with E-state index in [1.807, 2.05) is 18.3 Å². The number of sulfonamides is 1. The van der Waals surface area contributed by atoms with Crippen LogP contribution in [0.4, 0.5) is 0 Å². The highest BCUT2D eigenvalue weighted by molar-refractivity contribution is 7.89. The summed E-state index contributed by atoms with van der Waals surface area (Å²) in [7, 11) is -3.58. The molecule has 148 valence electrons. The number of thiophene rings is 1. The molecule has 1 aliphatic rings. The van der Waals surface area contributed by atoms with Crippen LogP contribution in [0.3, 0.4) is 0 Å². The number of fused-ring (bicyclic) bond motifs is 1. The number of aryl methyl sites for hydroxylation is 1. The van der Waals surface area contributed by atoms with E-state index in [1.54, 1.807) is 11.4 Å². The number of nitrogens with zero attached hydrogens (tertiary/aromatic N) is 2. The molecule has 4 rings (SSSR count). The number of rotatable bonds is 7. The molecule has 1 fully saturated rings. The molecule has 0 saturated carbocycles. The first kappa shape index (κ1) is 19.2. The van der Waals surface area contributed by atoms with Gasteiger partial charge in [0.25, 0.3) is 5.91 Å². The lowest BCUT2D eigenvalue weighted by Gasteiger charge is -2.15. The second-order valence-corrected chi connectivity index (χ2v) is 9.73. The molecule has 1 saturated heterocycles. The Labute approximate surface area is 168 Å². The third-order valence-electron chi connectivity index (χ3n) is 5.06. The van der Waals surface area contributed by atoms with Crippen molar-refractivity contribution in [3.63, 3.8) is 0 Å². The largest absolute Gasteiger partial charge is 0.351 e. The van der Waals surface area contributed by atoms with Gasteiger partial charge in [-0.05, 0) is 48.2 Å². The number of nitrogens with one attached hydrogen (secondary N) is 1. The monoisotopic (exact) mass is 417 g/mol. The average Bonchev–Trinajstić information content (AvgIpc) is 3.46. The topological polar surface area (TPSA) is 71.4 Å². The summed E-state index contributed by atoms with van der Waals surface area (Å²) in [6.45, 7) is 2.34. The van der Waals surface area contributed by atoms with E-state index >= 15 is 0 Å². The van der Waals surface area contributed by atoms with E-state index in [4.69, 9.17) is 0 Å². The fourth-order valence-corrected chi connectivity index (χ4v) is 6.44. The molecule has 0 bridgehead atoms. The minimum absolute atomic E-state index is 0.133. The van der Waals surface area contributed by atoms with Crippen LogP contribution in [0.5, 0.6) is 0 Å². The summed E-state index contributed by atoms with van der Waals surface area (Å²) in [5, 5.41) is 5.74. The Balaban J connectivity index is 1.36. The first-order chi connectivity index (χ1) is 13.6. The Morgan fingerprint density at radius 1 is 1.11 bits per heavy atom. The fraction of sp³-hybridized carbons (Fsp3) is 0.350. The molecule has 0 radical (unpaired) electrons. The Hall–Kier alpha value is -2.16. The number of benzene rings is 1. The minimum Gasteiger partial charge on any atom is -0.351 e. The third kappa shape index (κ3) is 3.72. The number of amides is 1. The predicted molar refractivity (Wildman–Crippen MR) is 111 cm³/mol. The number of aromatic nitrogens is 1. The number of carbonyl (C=O) groups excluding carboxylic acids is 1. The maximum absolute atomic E-state index is 12.8. The van der Waals surface area contributed by atoms with Crippen LogP contribution >= 0.6 is 11.3 Å². The van der Waals surface area contributed by atoms with Gasteiger partial charge in [-0.15, -0.1) is 11.3 Å². The molecule has 28 heavy (non-hydrogen) atoms. The molecular formula is C20H23N3O3S2. The Morgan fingerprint density at radius 3 is 2.71 bits per heavy atom. The lowest BCUT2D eigenvalue weighted by molar-refractivity contribution is 0.0953. The van der Waals surface area contributed by atoms with Crippen LogP contribution in [0.2, 0.25) is 0 Å². The van der Waals surface area contributed by atoms with Gasteiger partial charge in [0.15, 0.2) is 0 Å². The van der Waals surface area contributed by atoms with Gasteiger partial charge in [0.05, 0.1) is 0 Å². The van der Waals surface area contributed by atoms with Gasteiger partial charge in [0.2, 0.25) is 10.0 Å². The van der Waals surface area contributed by atoms with Crippen molar-refractivity contribution in [3.05, 3.63) is 52.9 Å². The van der Waals surface area contributed by atoms with Gasteiger partial charge >= 0.3 is 0 Å². The van der Waals surface area contributed by atoms with Crippen LogP contribution in [-0.4, -0.2) is 42.8 Å². The molecule has 6 nitrogen and oxygen atoms in total. The molecule has 1 N–H and O–H groups in total. The summed E-state index contributed by atoms with van der Waals surface area (Å²) in [6.07, 6.45) is 4.56. The lowest BCUT2D eigenvalue weighted by Crippen LogP contribution is -2.31. The average molecular weight is 418 g/mol. The maximum Gasteiger partial charge on any atom is 0.262 e. The highest BCUT2D eigenvalue weighted by atomic mass is 32.2. The van der Waals surface area contributed by atoms with E-state index in [-0.39, 0.29) is 15.7 Å². The van der Waals surface area contributed by atoms with E-state index in [0.717, 1.165) is 25.8 Å². The first-order valence-electron chi connectivity index (χ1n) is 9.47. The van der Waals surface area contributed by atoms with Crippen molar-refractivity contribution in [2.45, 2.75) is 30.7 Å². The van der Waals surface area contributed by atoms with Crippen LogP contribution in [0.15, 0.2) is 52.9 Å². The van der Waals surface area contributed by atoms with Crippen LogP contribution in [0, 0.1) is 0 Å². The first-order valence-corrected chi connectivity index (χ1v) is 11.8. The van der Waals surface area contributed by atoms with E-state index in [9.17, 15) is 13.2 Å². The van der Waals surface area contributed by atoms with Crippen LogP contribution in [-0.2, 0) is 16.6 Å². The number of para-hydroxylation sites is 1. The van der Waals surface area contributed by atoms with Crippen LogP contribution < -0.4 is 5.32 Å². The van der Waals surface area contributed by atoms with Gasteiger partial charge in [-0.25, -0.2) is 8.42 Å². The SMILES string of the molecule is O=C(NCCCn1ccc2ccccc21)c1sccc1S(=O)(=O)N1CCCC1. The van der Waals surface area contributed by atoms with Gasteiger partial charge in [-0.2, -0.15) is 4.31 Å². The quantitative estimate of drug-likeness (QED) is 0.600. The lowest BCUT2D eigenvalue weighted by atomic mass is 10.2. The summed E-state index contributed by atoms with van der Waals surface area (Å²) in [5.74, 6) is -0.315. The molecule has 1 aliphatic heterocycles. The number of hydrogen-bond acceptors (Lipinski definition) is 4. The second kappa shape index (κ2) is 8.06. The van der Waals surface area contributed by atoms with Crippen molar-refractivity contribution in [2.24, 2.45) is 0 Å². The molecule has 2 aromatic heterocycles. The maximum atomic E-state index is 12.8. The van der Waals surface area contributed by atoms with Gasteiger partial charge in [0, 0.05) is 37.9 Å². The molecule has 0 spiro atoms. The fourth-order valence-electron chi connectivity index (χ4n) is 3.60. The predicted octanol–water partition coefficient (Wildman–Crippen LogP) is 3.31. The summed E-state index contributed by atoms with van der Waals surface area (Å²) in [6, 6.07) is 11.8. The number of hydrogen-bond donors (Lipinski definition) is 1. The normalized spacial score (nSPS) is 15.3. The third-order valence-corrected chi connectivity index (χ3v) is 8.04. The summed E-state index contributed by atoms with van der Waals surface area (Å²) in [4.78, 5) is 13.0. The van der Waals surface area contributed by atoms with Crippen molar-refractivity contribution in [1.29, 1.82) is 0 Å². The van der Waals surface area contributed by atoms with Crippen molar-refractivity contribution >= 4 is 38.2 Å². The highest BCUT2D eigenvalue weighted by Gasteiger charge is 2.31. The molecule has 0 atom stereocenters. The standard InChI is InChI=1S/C20H23N3O3S2/c24-20(19-18(9-15-27-19)28(25,26)23-12-3-4-13-23)21-10-5-11-22-14-8-16-6-1-2-7-17(16)22/h1-2,6-9,14-15H,3-5,10-13H2,(H,21,24). The van der Waals surface area contributed by atoms with Crippen molar-refractivity contribution in [2.75, 3.05) is 19.6 Å². The second-order valence-electron chi connectivity index (χ2n) is 6.90. The summed E-state index contributed by atoms with van der Waals surface area (Å²) < 4.78 is 29.2. The Morgan fingerprint density at radius 2 is 1.89 bits per heavy atom. The zero-order chi connectivity index (χ0) is 19.6. The van der Waals surface area contributed by atoms with Gasteiger partial charge in [-0.1, -0.05) is 18.2 Å². The molecule has 8 heteroatoms. The summed E-state index contributed by atoms with van der Waals surface area (Å²) in [5.41, 5.74) is 1.17. The van der Waals surface area contributed by atoms with E-state index in [2.05, 4.69) is 28.1 Å².